The standard InChI is InChI=1S/C18H10N2O4/c21-14-7-12(17(23)19-14)11-6-5-9-3-1-2-4-10(9)16(11)13-8-15(22)20-18(13)24/h1-8H,(H,19,21,23)(H,20,22,24). The number of fused-ring (bicyclic) bond motifs is 1. The first-order chi connectivity index (χ1) is 11.5. The third-order valence-electron chi connectivity index (χ3n) is 4.00. The molecular weight excluding hydrogens is 308 g/mol. The summed E-state index contributed by atoms with van der Waals surface area (Å²) in [5, 5.41) is 5.98. The molecule has 0 radical (unpaired) electrons. The molecule has 116 valence electrons. The summed E-state index contributed by atoms with van der Waals surface area (Å²) >= 11 is 0. The van der Waals surface area contributed by atoms with Crippen LogP contribution in [0.3, 0.4) is 0 Å². The van der Waals surface area contributed by atoms with Crippen LogP contribution >= 0.6 is 0 Å². The van der Waals surface area contributed by atoms with Crippen molar-refractivity contribution in [1.82, 2.24) is 10.6 Å². The van der Waals surface area contributed by atoms with E-state index < -0.39 is 23.6 Å². The predicted molar refractivity (Wildman–Crippen MR) is 86.2 cm³/mol. The van der Waals surface area contributed by atoms with Crippen molar-refractivity contribution in [2.45, 2.75) is 0 Å². The summed E-state index contributed by atoms with van der Waals surface area (Å²) in [5.41, 5.74) is 1.26. The number of imide groups is 2. The summed E-state index contributed by atoms with van der Waals surface area (Å²) in [6, 6.07) is 10.8. The summed E-state index contributed by atoms with van der Waals surface area (Å²) in [6.07, 6.45) is 2.41. The highest BCUT2D eigenvalue weighted by Gasteiger charge is 2.30. The van der Waals surface area contributed by atoms with Gasteiger partial charge in [0.25, 0.3) is 23.6 Å². The van der Waals surface area contributed by atoms with Crippen LogP contribution in [-0.2, 0) is 19.2 Å². The highest BCUT2D eigenvalue weighted by Crippen LogP contribution is 2.35. The first-order valence-corrected chi connectivity index (χ1v) is 7.21. The zero-order chi connectivity index (χ0) is 16.8. The molecule has 0 saturated heterocycles. The maximum absolute atomic E-state index is 12.2. The van der Waals surface area contributed by atoms with Gasteiger partial charge in [-0.2, -0.15) is 0 Å². The van der Waals surface area contributed by atoms with Crippen molar-refractivity contribution < 1.29 is 19.2 Å². The molecule has 24 heavy (non-hydrogen) atoms. The van der Waals surface area contributed by atoms with Gasteiger partial charge in [0, 0.05) is 17.7 Å². The summed E-state index contributed by atoms with van der Waals surface area (Å²) in [5.74, 6) is -2.06. The molecule has 0 spiro atoms. The maximum Gasteiger partial charge on any atom is 0.258 e. The van der Waals surface area contributed by atoms with E-state index in [-0.39, 0.29) is 11.1 Å². The molecule has 0 fully saturated rings. The summed E-state index contributed by atoms with van der Waals surface area (Å²) in [7, 11) is 0. The lowest BCUT2D eigenvalue weighted by molar-refractivity contribution is -0.124. The van der Waals surface area contributed by atoms with Crippen LogP contribution in [0.4, 0.5) is 0 Å². The van der Waals surface area contributed by atoms with Gasteiger partial charge < -0.3 is 0 Å². The molecule has 4 amide bonds. The van der Waals surface area contributed by atoms with E-state index in [4.69, 9.17) is 0 Å². The smallest absolute Gasteiger partial charge is 0.258 e. The van der Waals surface area contributed by atoms with Crippen LogP contribution in [0.25, 0.3) is 21.9 Å². The van der Waals surface area contributed by atoms with Crippen molar-refractivity contribution in [1.29, 1.82) is 0 Å². The summed E-state index contributed by atoms with van der Waals surface area (Å²) in [6.45, 7) is 0. The van der Waals surface area contributed by atoms with Crippen molar-refractivity contribution in [2.24, 2.45) is 0 Å². The molecule has 0 aromatic heterocycles. The summed E-state index contributed by atoms with van der Waals surface area (Å²) < 4.78 is 0. The Morgan fingerprint density at radius 3 is 1.92 bits per heavy atom. The Kier molecular flexibility index (Phi) is 2.93. The van der Waals surface area contributed by atoms with E-state index in [0.717, 1.165) is 10.8 Å². The van der Waals surface area contributed by atoms with E-state index in [9.17, 15) is 19.2 Å². The fourth-order valence-corrected chi connectivity index (χ4v) is 3.00. The molecule has 2 N–H and O–H groups in total. The molecule has 0 bridgehead atoms. The van der Waals surface area contributed by atoms with Gasteiger partial charge in [-0.25, -0.2) is 0 Å². The van der Waals surface area contributed by atoms with Crippen LogP contribution in [-0.4, -0.2) is 23.6 Å². The lowest BCUT2D eigenvalue weighted by Gasteiger charge is -2.13. The lowest BCUT2D eigenvalue weighted by atomic mass is 9.89. The number of nitrogens with one attached hydrogen (secondary N) is 2. The molecule has 2 heterocycles. The van der Waals surface area contributed by atoms with Gasteiger partial charge in [-0.1, -0.05) is 36.4 Å². The van der Waals surface area contributed by atoms with Gasteiger partial charge in [0.1, 0.15) is 0 Å². The Bertz CT molecular complexity index is 1030. The van der Waals surface area contributed by atoms with Crippen LogP contribution in [0.1, 0.15) is 11.1 Å². The molecule has 2 aromatic rings. The number of hydrogen-bond donors (Lipinski definition) is 2. The minimum Gasteiger partial charge on any atom is -0.289 e. The first kappa shape index (κ1) is 14.1. The van der Waals surface area contributed by atoms with E-state index in [0.29, 0.717) is 11.1 Å². The zero-order valence-corrected chi connectivity index (χ0v) is 12.3. The molecule has 0 aliphatic carbocycles. The van der Waals surface area contributed by atoms with Crippen LogP contribution in [0, 0.1) is 0 Å². The van der Waals surface area contributed by atoms with Gasteiger partial charge >= 0.3 is 0 Å². The fourth-order valence-electron chi connectivity index (χ4n) is 3.00. The first-order valence-electron chi connectivity index (χ1n) is 7.21. The highest BCUT2D eigenvalue weighted by atomic mass is 16.2. The average Bonchev–Trinajstić information content (AvgIpc) is 3.06. The number of amides is 4. The summed E-state index contributed by atoms with van der Waals surface area (Å²) in [4.78, 5) is 47.3. The second-order valence-electron chi connectivity index (χ2n) is 5.46. The second-order valence-corrected chi connectivity index (χ2v) is 5.46. The van der Waals surface area contributed by atoms with E-state index in [1.54, 1.807) is 24.3 Å². The van der Waals surface area contributed by atoms with Crippen LogP contribution in [0.5, 0.6) is 0 Å². The Balaban J connectivity index is 2.07. The predicted octanol–water partition coefficient (Wildman–Crippen LogP) is 0.919. The van der Waals surface area contributed by atoms with E-state index >= 15 is 0 Å². The Hall–Kier alpha value is -3.54. The van der Waals surface area contributed by atoms with Gasteiger partial charge in [-0.3, -0.25) is 29.8 Å². The van der Waals surface area contributed by atoms with E-state index in [2.05, 4.69) is 10.6 Å². The van der Waals surface area contributed by atoms with Crippen LogP contribution in [0.15, 0.2) is 48.6 Å². The normalized spacial score (nSPS) is 17.0. The minimum absolute atomic E-state index is 0.175. The van der Waals surface area contributed by atoms with Gasteiger partial charge in [0.15, 0.2) is 0 Å². The van der Waals surface area contributed by atoms with Crippen molar-refractivity contribution in [3.05, 3.63) is 59.7 Å². The second kappa shape index (κ2) is 4.99. The number of hydrogen-bond acceptors (Lipinski definition) is 4. The third kappa shape index (κ3) is 2.04. The van der Waals surface area contributed by atoms with Crippen molar-refractivity contribution in [2.75, 3.05) is 0 Å². The molecule has 2 aliphatic heterocycles. The SMILES string of the molecule is O=C1C=C(c2ccc3ccccc3c2C2=CC(=O)NC2=O)C(=O)N1. The molecule has 2 aromatic carbocycles. The number of rotatable bonds is 2. The zero-order valence-electron chi connectivity index (χ0n) is 12.3. The van der Waals surface area contributed by atoms with Gasteiger partial charge in [0.2, 0.25) is 0 Å². The van der Waals surface area contributed by atoms with Gasteiger partial charge in [-0.15, -0.1) is 0 Å². The van der Waals surface area contributed by atoms with Crippen LogP contribution in [0.2, 0.25) is 0 Å². The molecule has 6 nitrogen and oxygen atoms in total. The number of benzene rings is 2. The Morgan fingerprint density at radius 2 is 1.29 bits per heavy atom. The maximum atomic E-state index is 12.2. The monoisotopic (exact) mass is 318 g/mol. The third-order valence-corrected chi connectivity index (χ3v) is 4.00. The lowest BCUT2D eigenvalue weighted by Crippen LogP contribution is -2.23. The average molecular weight is 318 g/mol. The molecule has 0 unspecified atom stereocenters. The molecule has 0 atom stereocenters. The quantitative estimate of drug-likeness (QED) is 0.805. The highest BCUT2D eigenvalue weighted by molar-refractivity contribution is 6.39. The molecule has 0 saturated carbocycles. The molecular formula is C18H10N2O4. The van der Waals surface area contributed by atoms with Crippen molar-refractivity contribution in [3.63, 3.8) is 0 Å². The van der Waals surface area contributed by atoms with E-state index in [1.165, 1.54) is 12.2 Å². The largest absolute Gasteiger partial charge is 0.289 e. The topological polar surface area (TPSA) is 92.3 Å². The van der Waals surface area contributed by atoms with Crippen LogP contribution < -0.4 is 10.6 Å². The minimum atomic E-state index is -0.526. The van der Waals surface area contributed by atoms with Gasteiger partial charge in [0.05, 0.1) is 11.1 Å². The van der Waals surface area contributed by atoms with Crippen molar-refractivity contribution in [3.8, 4) is 0 Å². The molecule has 4 rings (SSSR count). The fraction of sp³-hybridized carbons (Fsp3) is 0. The molecule has 2 aliphatic rings. The van der Waals surface area contributed by atoms with Crippen molar-refractivity contribution >= 4 is 45.5 Å². The number of carbonyl (C=O) groups excluding carboxylic acids is 4. The Morgan fingerprint density at radius 1 is 0.667 bits per heavy atom. The Labute approximate surface area is 135 Å². The van der Waals surface area contributed by atoms with Gasteiger partial charge in [-0.05, 0) is 16.3 Å². The van der Waals surface area contributed by atoms with E-state index in [1.807, 2.05) is 12.1 Å². The molecule has 6 heteroatoms. The number of carbonyl (C=O) groups is 4.